The van der Waals surface area contributed by atoms with Crippen molar-refractivity contribution < 1.29 is 52.1 Å². The summed E-state index contributed by atoms with van der Waals surface area (Å²) in [6.45, 7) is 5.82. The molecule has 3 heterocycles. The van der Waals surface area contributed by atoms with Crippen molar-refractivity contribution in [3.63, 3.8) is 0 Å². The van der Waals surface area contributed by atoms with E-state index >= 15 is 0 Å². The number of carbonyl (C=O) groups excluding carboxylic acids is 5. The van der Waals surface area contributed by atoms with Gasteiger partial charge in [-0.1, -0.05) is 24.0 Å². The molecular formula is C23H25NO11S2. The summed E-state index contributed by atoms with van der Waals surface area (Å²) in [5, 5.41) is 0. The molecule has 0 aromatic carbocycles. The van der Waals surface area contributed by atoms with Crippen LogP contribution in [0.25, 0.3) is 6.08 Å². The number of thioether (sulfide) groups is 1. The number of nitrogens with zero attached hydrogens (tertiary/aromatic N) is 1. The molecule has 0 N–H and O–H groups in total. The Bertz CT molecular complexity index is 1140. The lowest BCUT2D eigenvalue weighted by atomic mass is 9.96. The molecule has 5 atom stereocenters. The van der Waals surface area contributed by atoms with Crippen LogP contribution in [0.1, 0.15) is 39.2 Å². The summed E-state index contributed by atoms with van der Waals surface area (Å²) >= 11 is 6.39. The van der Waals surface area contributed by atoms with Crippen molar-refractivity contribution in [3.05, 3.63) is 28.6 Å². The first kappa shape index (κ1) is 28.3. The molecule has 1 amide bonds. The van der Waals surface area contributed by atoms with Crippen molar-refractivity contribution in [1.82, 2.24) is 4.90 Å². The molecule has 2 aliphatic heterocycles. The van der Waals surface area contributed by atoms with Gasteiger partial charge in [0, 0.05) is 33.8 Å². The number of aryl methyl sites for hydroxylation is 1. The predicted molar refractivity (Wildman–Crippen MR) is 130 cm³/mol. The average Bonchev–Trinajstić information content (AvgIpc) is 3.30. The zero-order valence-electron chi connectivity index (χ0n) is 20.6. The number of amides is 1. The van der Waals surface area contributed by atoms with E-state index in [0.717, 1.165) is 44.4 Å². The first-order valence-corrected chi connectivity index (χ1v) is 12.2. The quantitative estimate of drug-likeness (QED) is 0.209. The van der Waals surface area contributed by atoms with Crippen molar-refractivity contribution in [3.8, 4) is 0 Å². The standard InChI is InChI=1S/C23H25NO11S2/c1-10-6-7-15(31-10)8-17-21(29)24(23(36)37-17)22-20(34-14(5)28)19(33-13(4)27)18(32-12(3)26)16(35-22)9-30-11(2)25/h6-8,16,18-20,22H,9H2,1-5H3/b17-8+/t16-,18-,19+,20-,22-/m1/s1. The SMILES string of the molecule is CC(=O)OC[C@H]1O[C@@H](N2C(=O)/C(=C\c3ccc(C)o3)SC2=S)[C@H](OC(C)=O)[C@@H](OC(C)=O)[C@@H]1OC(C)=O. The molecule has 14 heteroatoms. The molecule has 0 bridgehead atoms. The van der Waals surface area contributed by atoms with Crippen molar-refractivity contribution in [2.45, 2.75) is 65.3 Å². The van der Waals surface area contributed by atoms with E-state index < -0.39 is 67.0 Å². The van der Waals surface area contributed by atoms with Gasteiger partial charge in [0.1, 0.15) is 24.2 Å². The van der Waals surface area contributed by atoms with Crippen LogP contribution in [0.15, 0.2) is 21.5 Å². The molecule has 12 nitrogen and oxygen atoms in total. The fraction of sp³-hybridized carbons (Fsp3) is 0.478. The second-order valence-corrected chi connectivity index (χ2v) is 9.77. The Labute approximate surface area is 221 Å². The molecule has 1 aromatic heterocycles. The Morgan fingerprint density at radius 2 is 1.57 bits per heavy atom. The number of furan rings is 1. The minimum Gasteiger partial charge on any atom is -0.463 e. The highest BCUT2D eigenvalue weighted by atomic mass is 32.2. The predicted octanol–water partition coefficient (Wildman–Crippen LogP) is 1.87. The van der Waals surface area contributed by atoms with Crippen LogP contribution in [0.2, 0.25) is 0 Å². The summed E-state index contributed by atoms with van der Waals surface area (Å²) < 4.78 is 32.8. The Morgan fingerprint density at radius 3 is 2.11 bits per heavy atom. The van der Waals surface area contributed by atoms with Gasteiger partial charge in [0.15, 0.2) is 28.9 Å². The summed E-state index contributed by atoms with van der Waals surface area (Å²) in [6.07, 6.45) is -5.36. The van der Waals surface area contributed by atoms with Gasteiger partial charge in [-0.3, -0.25) is 28.9 Å². The minimum absolute atomic E-state index is 0.0560. The van der Waals surface area contributed by atoms with Gasteiger partial charge in [0.05, 0.1) is 4.91 Å². The second kappa shape index (κ2) is 11.9. The number of ether oxygens (including phenoxy) is 5. The number of thiocarbonyl (C=S) groups is 1. The first-order chi connectivity index (χ1) is 17.4. The monoisotopic (exact) mass is 555 g/mol. The second-order valence-electron chi connectivity index (χ2n) is 8.09. The first-order valence-electron chi connectivity index (χ1n) is 11.0. The van der Waals surface area contributed by atoms with Gasteiger partial charge in [-0.25, -0.2) is 0 Å². The number of rotatable bonds is 7. The topological polar surface area (TPSA) is 148 Å². The lowest BCUT2D eigenvalue weighted by Crippen LogP contribution is -2.66. The van der Waals surface area contributed by atoms with E-state index in [4.69, 9.17) is 40.3 Å². The van der Waals surface area contributed by atoms with Crippen LogP contribution in [-0.2, 0) is 47.7 Å². The van der Waals surface area contributed by atoms with E-state index in [1.807, 2.05) is 0 Å². The molecular weight excluding hydrogens is 530 g/mol. The highest BCUT2D eigenvalue weighted by molar-refractivity contribution is 8.26. The maximum absolute atomic E-state index is 13.4. The minimum atomic E-state index is -1.45. The van der Waals surface area contributed by atoms with Gasteiger partial charge in [-0.05, 0) is 19.1 Å². The summed E-state index contributed by atoms with van der Waals surface area (Å²) in [7, 11) is 0. The maximum atomic E-state index is 13.4. The zero-order valence-corrected chi connectivity index (χ0v) is 22.2. The molecule has 2 fully saturated rings. The molecule has 2 aliphatic rings. The van der Waals surface area contributed by atoms with Gasteiger partial charge >= 0.3 is 23.9 Å². The van der Waals surface area contributed by atoms with Gasteiger partial charge in [-0.15, -0.1) is 0 Å². The van der Waals surface area contributed by atoms with Crippen LogP contribution in [0, 0.1) is 6.92 Å². The van der Waals surface area contributed by atoms with Crippen LogP contribution in [-0.4, -0.2) is 76.3 Å². The highest BCUT2D eigenvalue weighted by Gasteiger charge is 2.56. The summed E-state index contributed by atoms with van der Waals surface area (Å²) in [5.41, 5.74) is 0. The van der Waals surface area contributed by atoms with Crippen LogP contribution in [0.4, 0.5) is 0 Å². The summed E-state index contributed by atoms with van der Waals surface area (Å²) in [5.74, 6) is -2.53. The highest BCUT2D eigenvalue weighted by Crippen LogP contribution is 2.39. The Balaban J connectivity index is 2.05. The van der Waals surface area contributed by atoms with E-state index in [9.17, 15) is 24.0 Å². The van der Waals surface area contributed by atoms with Crippen LogP contribution in [0.3, 0.4) is 0 Å². The number of hydrogen-bond donors (Lipinski definition) is 0. The third-order valence-corrected chi connectivity index (χ3v) is 6.41. The van der Waals surface area contributed by atoms with E-state index in [2.05, 4.69) is 0 Å². The van der Waals surface area contributed by atoms with Gasteiger partial charge in [0.25, 0.3) is 5.91 Å². The average molecular weight is 556 g/mol. The fourth-order valence-corrected chi connectivity index (χ4v) is 5.06. The molecule has 2 saturated heterocycles. The van der Waals surface area contributed by atoms with E-state index in [1.165, 1.54) is 6.08 Å². The third-order valence-electron chi connectivity index (χ3n) is 5.08. The lowest BCUT2D eigenvalue weighted by Gasteiger charge is -2.46. The summed E-state index contributed by atoms with van der Waals surface area (Å²) in [4.78, 5) is 62.1. The molecule has 0 saturated carbocycles. The van der Waals surface area contributed by atoms with Crippen molar-refractivity contribution in [2.75, 3.05) is 6.61 Å². The van der Waals surface area contributed by atoms with Crippen molar-refractivity contribution in [1.29, 1.82) is 0 Å². The smallest absolute Gasteiger partial charge is 0.303 e. The Kier molecular flexibility index (Phi) is 9.10. The normalized spacial score (nSPS) is 26.7. The van der Waals surface area contributed by atoms with E-state index in [0.29, 0.717) is 11.5 Å². The van der Waals surface area contributed by atoms with Crippen LogP contribution in [0.5, 0.6) is 0 Å². The third kappa shape index (κ3) is 6.96. The van der Waals surface area contributed by atoms with Crippen LogP contribution < -0.4 is 0 Å². The zero-order chi connectivity index (χ0) is 27.4. The molecule has 0 radical (unpaired) electrons. The van der Waals surface area contributed by atoms with E-state index in [-0.39, 0.29) is 9.23 Å². The molecule has 0 unspecified atom stereocenters. The number of carbonyl (C=O) groups is 5. The van der Waals surface area contributed by atoms with Gasteiger partial charge < -0.3 is 28.1 Å². The summed E-state index contributed by atoms with van der Waals surface area (Å²) in [6, 6.07) is 3.41. The van der Waals surface area contributed by atoms with Crippen molar-refractivity contribution >= 4 is 64.2 Å². The fourth-order valence-electron chi connectivity index (χ4n) is 3.77. The molecule has 1 aromatic rings. The van der Waals surface area contributed by atoms with Crippen molar-refractivity contribution in [2.24, 2.45) is 0 Å². The molecule has 0 spiro atoms. The maximum Gasteiger partial charge on any atom is 0.303 e. The molecule has 0 aliphatic carbocycles. The number of hydrogen-bond acceptors (Lipinski definition) is 13. The van der Waals surface area contributed by atoms with Gasteiger partial charge in [-0.2, -0.15) is 0 Å². The van der Waals surface area contributed by atoms with E-state index in [1.54, 1.807) is 19.1 Å². The molecule has 3 rings (SSSR count). The number of esters is 4. The van der Waals surface area contributed by atoms with Crippen LogP contribution >= 0.6 is 24.0 Å². The lowest BCUT2D eigenvalue weighted by molar-refractivity contribution is -0.268. The largest absolute Gasteiger partial charge is 0.463 e. The van der Waals surface area contributed by atoms with Gasteiger partial charge in [0.2, 0.25) is 0 Å². The molecule has 200 valence electrons. The molecule has 37 heavy (non-hydrogen) atoms. The Morgan fingerprint density at radius 1 is 0.973 bits per heavy atom. The Hall–Kier alpha value is -3.23.